The van der Waals surface area contributed by atoms with Crippen LogP contribution >= 0.6 is 11.6 Å². The molecule has 126 valence electrons. The second-order valence-corrected chi connectivity index (χ2v) is 5.64. The van der Waals surface area contributed by atoms with Gasteiger partial charge in [0, 0.05) is 18.1 Å². The van der Waals surface area contributed by atoms with Crippen LogP contribution in [0, 0.1) is 0 Å². The van der Waals surface area contributed by atoms with Gasteiger partial charge in [0.05, 0.1) is 23.9 Å². The maximum absolute atomic E-state index is 5.98. The topological polar surface area (TPSA) is 56.1 Å². The van der Waals surface area contributed by atoms with E-state index in [1.807, 2.05) is 31.2 Å². The first-order valence-corrected chi connectivity index (χ1v) is 8.45. The second-order valence-electron chi connectivity index (χ2n) is 5.21. The van der Waals surface area contributed by atoms with Gasteiger partial charge in [0.1, 0.15) is 5.82 Å². The van der Waals surface area contributed by atoms with Crippen molar-refractivity contribution >= 4 is 28.5 Å². The van der Waals surface area contributed by atoms with E-state index in [2.05, 4.69) is 33.8 Å². The number of nitrogens with zero attached hydrogens (tertiary/aromatic N) is 5. The van der Waals surface area contributed by atoms with Crippen LogP contribution in [0.3, 0.4) is 0 Å². The first-order valence-electron chi connectivity index (χ1n) is 8.07. The Bertz CT molecular complexity index is 827. The van der Waals surface area contributed by atoms with Crippen molar-refractivity contribution in [1.29, 1.82) is 0 Å². The number of aromatic nitrogens is 4. The molecule has 0 saturated carbocycles. The summed E-state index contributed by atoms with van der Waals surface area (Å²) in [5, 5.41) is 6.08. The molecular weight excluding hydrogens is 326 g/mol. The molecule has 0 radical (unpaired) electrons. The van der Waals surface area contributed by atoms with E-state index in [0.29, 0.717) is 17.6 Å². The van der Waals surface area contributed by atoms with E-state index in [1.165, 1.54) is 0 Å². The van der Waals surface area contributed by atoms with Gasteiger partial charge >= 0.3 is 6.01 Å². The maximum Gasteiger partial charge on any atom is 0.320 e. The van der Waals surface area contributed by atoms with E-state index in [-0.39, 0.29) is 0 Å². The van der Waals surface area contributed by atoms with Crippen molar-refractivity contribution in [2.24, 2.45) is 0 Å². The van der Waals surface area contributed by atoms with Crippen molar-refractivity contribution in [3.05, 3.63) is 35.5 Å². The van der Waals surface area contributed by atoms with Crippen LogP contribution in [0.5, 0.6) is 6.01 Å². The van der Waals surface area contributed by atoms with Crippen molar-refractivity contribution in [3.8, 4) is 11.7 Å². The fraction of sp³-hybridized carbons (Fsp3) is 0.353. The third kappa shape index (κ3) is 3.01. The van der Waals surface area contributed by atoms with Crippen LogP contribution in [0.25, 0.3) is 16.7 Å². The molecule has 0 unspecified atom stereocenters. The van der Waals surface area contributed by atoms with Gasteiger partial charge in [-0.3, -0.25) is 0 Å². The van der Waals surface area contributed by atoms with Gasteiger partial charge in [0.2, 0.25) is 0 Å². The Morgan fingerprint density at radius 1 is 1.08 bits per heavy atom. The zero-order chi connectivity index (χ0) is 17.1. The van der Waals surface area contributed by atoms with Crippen LogP contribution in [0.2, 0.25) is 5.02 Å². The Morgan fingerprint density at radius 2 is 1.79 bits per heavy atom. The van der Waals surface area contributed by atoms with Crippen LogP contribution in [-0.4, -0.2) is 39.4 Å². The summed E-state index contributed by atoms with van der Waals surface area (Å²) in [6, 6.07) is 7.85. The van der Waals surface area contributed by atoms with Crippen molar-refractivity contribution in [2.45, 2.75) is 20.8 Å². The summed E-state index contributed by atoms with van der Waals surface area (Å²) in [7, 11) is 0. The molecule has 0 spiro atoms. The van der Waals surface area contributed by atoms with Crippen molar-refractivity contribution < 1.29 is 4.74 Å². The molecule has 0 amide bonds. The van der Waals surface area contributed by atoms with Gasteiger partial charge in [0.25, 0.3) is 0 Å². The van der Waals surface area contributed by atoms with E-state index in [4.69, 9.17) is 16.3 Å². The number of ether oxygens (including phenoxy) is 1. The highest BCUT2D eigenvalue weighted by atomic mass is 35.5. The molecule has 0 saturated heterocycles. The fourth-order valence-electron chi connectivity index (χ4n) is 2.60. The zero-order valence-electron chi connectivity index (χ0n) is 14.0. The predicted octanol–water partition coefficient (Wildman–Crippen LogP) is 3.71. The number of hydrogen-bond acceptors (Lipinski definition) is 5. The summed E-state index contributed by atoms with van der Waals surface area (Å²) in [5.41, 5.74) is 1.61. The Balaban J connectivity index is 2.20. The van der Waals surface area contributed by atoms with E-state index in [1.54, 1.807) is 10.9 Å². The summed E-state index contributed by atoms with van der Waals surface area (Å²) in [6.07, 6.45) is 1.80. The molecule has 0 fully saturated rings. The Hall–Kier alpha value is -2.34. The highest BCUT2D eigenvalue weighted by Crippen LogP contribution is 2.28. The maximum atomic E-state index is 5.98. The van der Waals surface area contributed by atoms with E-state index in [0.717, 1.165) is 35.6 Å². The van der Waals surface area contributed by atoms with Gasteiger partial charge in [-0.05, 0) is 45.0 Å². The van der Waals surface area contributed by atoms with Gasteiger partial charge in [0.15, 0.2) is 5.65 Å². The number of rotatable bonds is 6. The molecule has 3 aromatic rings. The predicted molar refractivity (Wildman–Crippen MR) is 96.4 cm³/mol. The second kappa shape index (κ2) is 7.05. The highest BCUT2D eigenvalue weighted by molar-refractivity contribution is 6.30. The molecule has 2 aromatic heterocycles. The van der Waals surface area contributed by atoms with Crippen molar-refractivity contribution in [2.75, 3.05) is 24.6 Å². The van der Waals surface area contributed by atoms with Crippen LogP contribution in [0.15, 0.2) is 30.5 Å². The number of anilines is 1. The molecule has 2 heterocycles. The molecule has 0 aliphatic carbocycles. The number of fused-ring (bicyclic) bond motifs is 1. The third-order valence-corrected chi connectivity index (χ3v) is 4.05. The molecular formula is C17H20ClN5O. The van der Waals surface area contributed by atoms with Gasteiger partial charge in [-0.25, -0.2) is 4.68 Å². The van der Waals surface area contributed by atoms with Crippen LogP contribution in [0.1, 0.15) is 20.8 Å². The average molecular weight is 346 g/mol. The zero-order valence-corrected chi connectivity index (χ0v) is 14.8. The van der Waals surface area contributed by atoms with Crippen LogP contribution in [-0.2, 0) is 0 Å². The molecule has 0 N–H and O–H groups in total. The molecule has 0 atom stereocenters. The molecule has 0 aliphatic rings. The summed E-state index contributed by atoms with van der Waals surface area (Å²) < 4.78 is 7.34. The molecule has 6 nitrogen and oxygen atoms in total. The summed E-state index contributed by atoms with van der Waals surface area (Å²) in [4.78, 5) is 11.3. The number of hydrogen-bond donors (Lipinski definition) is 0. The van der Waals surface area contributed by atoms with Gasteiger partial charge in [-0.2, -0.15) is 15.1 Å². The quantitative estimate of drug-likeness (QED) is 0.681. The standard InChI is InChI=1S/C17H20ClN5O/c1-4-22(5-2)15-14-11-19-23(13-9-7-12(18)8-10-13)16(14)21-17(20-15)24-6-3/h7-11H,4-6H2,1-3H3. The molecule has 3 rings (SSSR count). The highest BCUT2D eigenvalue weighted by Gasteiger charge is 2.17. The van der Waals surface area contributed by atoms with Gasteiger partial charge in [-0.1, -0.05) is 11.6 Å². The van der Waals surface area contributed by atoms with E-state index < -0.39 is 0 Å². The van der Waals surface area contributed by atoms with Crippen LogP contribution in [0.4, 0.5) is 5.82 Å². The monoisotopic (exact) mass is 345 g/mol. The summed E-state index contributed by atoms with van der Waals surface area (Å²) in [5.74, 6) is 0.841. The molecule has 24 heavy (non-hydrogen) atoms. The fourth-order valence-corrected chi connectivity index (χ4v) is 2.73. The van der Waals surface area contributed by atoms with Gasteiger partial charge < -0.3 is 9.64 Å². The minimum Gasteiger partial charge on any atom is -0.464 e. The molecule has 1 aromatic carbocycles. The smallest absolute Gasteiger partial charge is 0.320 e. The summed E-state index contributed by atoms with van der Waals surface area (Å²) in [6.45, 7) is 8.32. The third-order valence-electron chi connectivity index (χ3n) is 3.80. The minimum atomic E-state index is 0.364. The minimum absolute atomic E-state index is 0.364. The van der Waals surface area contributed by atoms with Crippen molar-refractivity contribution in [1.82, 2.24) is 19.7 Å². The normalized spacial score (nSPS) is 11.0. The Kier molecular flexibility index (Phi) is 4.85. The lowest BCUT2D eigenvalue weighted by molar-refractivity contribution is 0.314. The van der Waals surface area contributed by atoms with E-state index >= 15 is 0 Å². The molecule has 7 heteroatoms. The first-order chi connectivity index (χ1) is 11.7. The lowest BCUT2D eigenvalue weighted by atomic mass is 10.3. The average Bonchev–Trinajstić information content (AvgIpc) is 3.01. The van der Waals surface area contributed by atoms with Crippen LogP contribution < -0.4 is 9.64 Å². The van der Waals surface area contributed by atoms with E-state index in [9.17, 15) is 0 Å². The Labute approximate surface area is 146 Å². The largest absolute Gasteiger partial charge is 0.464 e. The summed E-state index contributed by atoms with van der Waals surface area (Å²) >= 11 is 5.98. The molecule has 0 aliphatic heterocycles. The van der Waals surface area contributed by atoms with Crippen molar-refractivity contribution in [3.63, 3.8) is 0 Å². The lowest BCUT2D eigenvalue weighted by Gasteiger charge is -2.20. The lowest BCUT2D eigenvalue weighted by Crippen LogP contribution is -2.23. The Morgan fingerprint density at radius 3 is 2.42 bits per heavy atom. The molecule has 0 bridgehead atoms. The van der Waals surface area contributed by atoms with Gasteiger partial charge in [-0.15, -0.1) is 0 Å². The SMILES string of the molecule is CCOc1nc(N(CC)CC)c2cnn(-c3ccc(Cl)cc3)c2n1. The number of halogens is 1. The first kappa shape index (κ1) is 16.5. The number of benzene rings is 1.